The molecule has 0 amide bonds. The van der Waals surface area contributed by atoms with Crippen molar-refractivity contribution in [2.75, 3.05) is 0 Å². The van der Waals surface area contributed by atoms with Crippen LogP contribution in [0, 0.1) is 10.1 Å². The zero-order chi connectivity index (χ0) is 14.1. The third kappa shape index (κ3) is 1.93. The summed E-state index contributed by atoms with van der Waals surface area (Å²) in [7, 11) is 0. The van der Waals surface area contributed by atoms with E-state index in [1.165, 1.54) is 0 Å². The second-order valence-corrected chi connectivity index (χ2v) is 3.50. The van der Waals surface area contributed by atoms with Crippen LogP contribution in [0.5, 0.6) is 0 Å². The number of nitrogens with zero attached hydrogens (tertiary/aromatic N) is 1. The molecule has 18 heavy (non-hydrogen) atoms. The summed E-state index contributed by atoms with van der Waals surface area (Å²) in [5.74, 6) is -5.15. The molecule has 9 heteroatoms. The molecule has 0 heterocycles. The monoisotopic (exact) mass is 257 g/mol. The van der Waals surface area contributed by atoms with Gasteiger partial charge in [-0.1, -0.05) is 0 Å². The molecular weight excluding hydrogens is 250 g/mol. The van der Waals surface area contributed by atoms with Crippen molar-refractivity contribution in [2.24, 2.45) is 0 Å². The molecule has 9 nitrogen and oxygen atoms in total. The van der Waals surface area contributed by atoms with Crippen molar-refractivity contribution >= 4 is 17.9 Å². The smallest absolute Gasteiger partial charge is 0.387 e. The number of carbonyl (C=O) groups is 3. The minimum atomic E-state index is -2.65. The van der Waals surface area contributed by atoms with Gasteiger partial charge in [-0.3, -0.25) is 10.1 Å². The Morgan fingerprint density at radius 1 is 1.22 bits per heavy atom. The Bertz CT molecular complexity index is 501. The molecule has 96 valence electrons. The van der Waals surface area contributed by atoms with Crippen molar-refractivity contribution in [2.45, 2.75) is 12.0 Å². The first-order valence-corrected chi connectivity index (χ1v) is 4.49. The molecule has 0 bridgehead atoms. The molecule has 1 aliphatic carbocycles. The van der Waals surface area contributed by atoms with Gasteiger partial charge in [0.2, 0.25) is 0 Å². The van der Waals surface area contributed by atoms with E-state index in [0.717, 1.165) is 0 Å². The highest BCUT2D eigenvalue weighted by atomic mass is 16.6. The van der Waals surface area contributed by atoms with Crippen LogP contribution in [0.25, 0.3) is 0 Å². The maximum Gasteiger partial charge on any atom is 0.387 e. The van der Waals surface area contributed by atoms with Gasteiger partial charge >= 0.3 is 23.4 Å². The third-order valence-electron chi connectivity index (χ3n) is 2.48. The van der Waals surface area contributed by atoms with Crippen LogP contribution in [-0.4, -0.2) is 43.7 Å². The van der Waals surface area contributed by atoms with Crippen molar-refractivity contribution < 1.29 is 34.6 Å². The fourth-order valence-corrected chi connectivity index (χ4v) is 1.49. The van der Waals surface area contributed by atoms with E-state index in [9.17, 15) is 24.5 Å². The summed E-state index contributed by atoms with van der Waals surface area (Å²) >= 11 is 0. The number of hydrogen-bond donors (Lipinski definition) is 3. The molecule has 0 aromatic rings. The van der Waals surface area contributed by atoms with Gasteiger partial charge in [0.05, 0.1) is 17.6 Å². The van der Waals surface area contributed by atoms with Gasteiger partial charge in [0, 0.05) is 11.0 Å². The summed E-state index contributed by atoms with van der Waals surface area (Å²) in [5, 5.41) is 37.1. The topological polar surface area (TPSA) is 155 Å². The van der Waals surface area contributed by atoms with Crippen LogP contribution < -0.4 is 0 Å². The van der Waals surface area contributed by atoms with Gasteiger partial charge in [-0.25, -0.2) is 14.4 Å². The molecule has 3 N–H and O–H groups in total. The Labute approximate surface area is 98.8 Å². The Balaban J connectivity index is 3.39. The van der Waals surface area contributed by atoms with Crippen LogP contribution in [0.1, 0.15) is 6.42 Å². The average Bonchev–Trinajstić information content (AvgIpc) is 2.27. The quantitative estimate of drug-likeness (QED) is 0.450. The summed E-state index contributed by atoms with van der Waals surface area (Å²) in [4.78, 5) is 42.1. The molecule has 0 fully saturated rings. The maximum atomic E-state index is 10.9. The molecule has 0 saturated heterocycles. The average molecular weight is 257 g/mol. The van der Waals surface area contributed by atoms with Crippen molar-refractivity contribution in [3.8, 4) is 0 Å². The molecule has 0 aliphatic heterocycles. The van der Waals surface area contributed by atoms with Crippen LogP contribution in [0.3, 0.4) is 0 Å². The Hall–Kier alpha value is -2.71. The predicted octanol–water partition coefficient (Wildman–Crippen LogP) is -0.488. The standard InChI is InChI=1S/C9H7NO8/c11-6(12)4-1-2-9(8(15)16,10(17)18)3-5(4)7(13)14/h1-2H,3H2,(H,11,12)(H,13,14)(H,15,16). The van der Waals surface area contributed by atoms with E-state index in [2.05, 4.69) is 0 Å². The Morgan fingerprint density at radius 2 is 1.78 bits per heavy atom. The molecular formula is C9H7NO8. The van der Waals surface area contributed by atoms with Crippen LogP contribution >= 0.6 is 0 Å². The first kappa shape index (κ1) is 13.4. The second-order valence-electron chi connectivity index (χ2n) is 3.50. The number of nitro groups is 1. The summed E-state index contributed by atoms with van der Waals surface area (Å²) in [6.45, 7) is 0. The highest BCUT2D eigenvalue weighted by Crippen LogP contribution is 2.30. The molecule has 0 aromatic heterocycles. The highest BCUT2D eigenvalue weighted by Gasteiger charge is 2.53. The van der Waals surface area contributed by atoms with Crippen LogP contribution in [0.4, 0.5) is 0 Å². The van der Waals surface area contributed by atoms with Gasteiger partial charge in [0.1, 0.15) is 0 Å². The lowest BCUT2D eigenvalue weighted by molar-refractivity contribution is -0.540. The number of rotatable bonds is 4. The summed E-state index contributed by atoms with van der Waals surface area (Å²) in [6, 6.07) is 0. The number of hydrogen-bond acceptors (Lipinski definition) is 5. The van der Waals surface area contributed by atoms with E-state index in [4.69, 9.17) is 15.3 Å². The second kappa shape index (κ2) is 4.28. The van der Waals surface area contributed by atoms with Crippen LogP contribution in [0.2, 0.25) is 0 Å². The number of carboxylic acid groups (broad SMARTS) is 3. The molecule has 1 atom stereocenters. The minimum Gasteiger partial charge on any atom is -0.478 e. The molecule has 0 aromatic carbocycles. The molecule has 1 aliphatic rings. The third-order valence-corrected chi connectivity index (χ3v) is 2.48. The van der Waals surface area contributed by atoms with Crippen molar-refractivity contribution in [3.63, 3.8) is 0 Å². The van der Waals surface area contributed by atoms with Crippen molar-refractivity contribution in [1.82, 2.24) is 0 Å². The maximum absolute atomic E-state index is 10.9. The predicted molar refractivity (Wildman–Crippen MR) is 53.4 cm³/mol. The minimum absolute atomic E-state index is 0.575. The van der Waals surface area contributed by atoms with E-state index in [-0.39, 0.29) is 0 Å². The number of carboxylic acids is 3. The van der Waals surface area contributed by atoms with Crippen molar-refractivity contribution in [3.05, 3.63) is 33.4 Å². The lowest BCUT2D eigenvalue weighted by atomic mass is 9.83. The molecule has 1 unspecified atom stereocenters. The van der Waals surface area contributed by atoms with E-state index in [1.807, 2.05) is 0 Å². The Kier molecular flexibility index (Phi) is 3.17. The SMILES string of the molecule is O=C(O)C1=C(C(=O)O)CC(C(=O)O)([N+](=O)[O-])C=C1. The van der Waals surface area contributed by atoms with Crippen molar-refractivity contribution in [1.29, 1.82) is 0 Å². The van der Waals surface area contributed by atoms with Crippen LogP contribution in [0.15, 0.2) is 23.3 Å². The fourth-order valence-electron chi connectivity index (χ4n) is 1.49. The molecule has 0 spiro atoms. The highest BCUT2D eigenvalue weighted by molar-refractivity contribution is 6.03. The first-order valence-electron chi connectivity index (χ1n) is 4.49. The fraction of sp³-hybridized carbons (Fsp3) is 0.222. The van der Waals surface area contributed by atoms with E-state index in [1.54, 1.807) is 0 Å². The molecule has 0 saturated carbocycles. The summed E-state index contributed by atoms with van der Waals surface area (Å²) in [6.07, 6.45) is 0.181. The summed E-state index contributed by atoms with van der Waals surface area (Å²) < 4.78 is 0. The molecule has 1 rings (SSSR count). The molecule has 0 radical (unpaired) electrons. The lowest BCUT2D eigenvalue weighted by Gasteiger charge is -2.21. The van der Waals surface area contributed by atoms with Gasteiger partial charge in [-0.15, -0.1) is 0 Å². The van der Waals surface area contributed by atoms with Gasteiger partial charge in [0.25, 0.3) is 0 Å². The number of aliphatic carboxylic acids is 3. The van der Waals surface area contributed by atoms with Crippen LogP contribution in [-0.2, 0) is 14.4 Å². The first-order chi connectivity index (χ1) is 8.22. The van der Waals surface area contributed by atoms with E-state index in [0.29, 0.717) is 12.2 Å². The largest absolute Gasteiger partial charge is 0.478 e. The Morgan fingerprint density at radius 3 is 2.11 bits per heavy atom. The zero-order valence-electron chi connectivity index (χ0n) is 8.69. The van der Waals surface area contributed by atoms with Gasteiger partial charge in [0.15, 0.2) is 0 Å². The van der Waals surface area contributed by atoms with E-state index < -0.39 is 45.9 Å². The zero-order valence-corrected chi connectivity index (χ0v) is 8.69. The lowest BCUT2D eigenvalue weighted by Crippen LogP contribution is -2.47. The van der Waals surface area contributed by atoms with Gasteiger partial charge in [-0.2, -0.15) is 0 Å². The van der Waals surface area contributed by atoms with Gasteiger partial charge < -0.3 is 15.3 Å². The van der Waals surface area contributed by atoms with Gasteiger partial charge in [-0.05, 0) is 6.08 Å². The summed E-state index contributed by atoms with van der Waals surface area (Å²) in [5.41, 5.74) is -4.13. The normalized spacial score (nSPS) is 22.7. The van der Waals surface area contributed by atoms with E-state index >= 15 is 0 Å².